The van der Waals surface area contributed by atoms with E-state index < -0.39 is 0 Å². The molecule has 0 saturated carbocycles. The largest absolute Gasteiger partial charge is 0.496 e. The van der Waals surface area contributed by atoms with Crippen molar-refractivity contribution in [3.05, 3.63) is 65.2 Å². The summed E-state index contributed by atoms with van der Waals surface area (Å²) in [4.78, 5) is 29.2. The fourth-order valence-corrected chi connectivity index (χ4v) is 3.89. The molecule has 32 heavy (non-hydrogen) atoms. The highest BCUT2D eigenvalue weighted by Crippen LogP contribution is 2.22. The summed E-state index contributed by atoms with van der Waals surface area (Å²) in [5, 5.41) is 2.87. The van der Waals surface area contributed by atoms with Crippen molar-refractivity contribution in [1.29, 1.82) is 0 Å². The molecule has 172 valence electrons. The summed E-state index contributed by atoms with van der Waals surface area (Å²) >= 11 is 0. The summed E-state index contributed by atoms with van der Waals surface area (Å²) in [7, 11) is 1.69. The van der Waals surface area contributed by atoms with Crippen LogP contribution in [0.15, 0.2) is 48.5 Å². The highest BCUT2D eigenvalue weighted by atomic mass is 16.5. The van der Waals surface area contributed by atoms with E-state index in [4.69, 9.17) is 4.74 Å². The molecule has 0 unspecified atom stereocenters. The molecule has 1 aliphatic rings. The minimum atomic E-state index is -0.139. The van der Waals surface area contributed by atoms with E-state index in [0.29, 0.717) is 31.6 Å². The summed E-state index contributed by atoms with van der Waals surface area (Å²) < 4.78 is 5.44. The number of benzene rings is 2. The summed E-state index contributed by atoms with van der Waals surface area (Å²) in [6, 6.07) is 15.7. The quantitative estimate of drug-likeness (QED) is 0.721. The first-order valence-electron chi connectivity index (χ1n) is 11.3. The second kappa shape index (κ2) is 10.6. The standard InChI is InChI=1S/C26H35N3O3/c1-26(2,3)22-11-9-20(10-12-22)25(31)27-14-13-24(30)29-17-15-28(16-18-29)19-21-7-5-6-8-23(21)32-4/h5-12H,13-19H2,1-4H3,(H,27,31). The number of para-hydroxylation sites is 1. The lowest BCUT2D eigenvalue weighted by Gasteiger charge is -2.35. The molecule has 2 amide bonds. The van der Waals surface area contributed by atoms with Gasteiger partial charge < -0.3 is 15.0 Å². The lowest BCUT2D eigenvalue weighted by molar-refractivity contribution is -0.132. The Morgan fingerprint density at radius 2 is 1.62 bits per heavy atom. The average Bonchev–Trinajstić information content (AvgIpc) is 2.79. The normalized spacial score (nSPS) is 14.8. The van der Waals surface area contributed by atoms with Crippen LogP contribution < -0.4 is 10.1 Å². The van der Waals surface area contributed by atoms with Crippen molar-refractivity contribution < 1.29 is 14.3 Å². The van der Waals surface area contributed by atoms with Gasteiger partial charge in [0.1, 0.15) is 5.75 Å². The number of nitrogens with one attached hydrogen (secondary N) is 1. The third-order valence-corrected chi connectivity index (χ3v) is 5.95. The van der Waals surface area contributed by atoms with Gasteiger partial charge in [-0.05, 0) is 29.2 Å². The molecule has 0 spiro atoms. The molecule has 6 heteroatoms. The van der Waals surface area contributed by atoms with Crippen LogP contribution >= 0.6 is 0 Å². The van der Waals surface area contributed by atoms with E-state index in [1.807, 2.05) is 47.4 Å². The molecule has 1 N–H and O–H groups in total. The lowest BCUT2D eigenvalue weighted by atomic mass is 9.87. The average molecular weight is 438 g/mol. The number of carbonyl (C=O) groups excluding carboxylic acids is 2. The number of carbonyl (C=O) groups is 2. The summed E-state index contributed by atoms with van der Waals surface area (Å²) in [6.45, 7) is 10.7. The number of methoxy groups -OCH3 is 1. The maximum atomic E-state index is 12.6. The maximum Gasteiger partial charge on any atom is 0.251 e. The number of hydrogen-bond acceptors (Lipinski definition) is 4. The summed E-state index contributed by atoms with van der Waals surface area (Å²) in [6.07, 6.45) is 0.318. The van der Waals surface area contributed by atoms with Crippen LogP contribution in [0.5, 0.6) is 5.75 Å². The molecule has 3 rings (SSSR count). The Labute approximate surface area is 191 Å². The molecule has 6 nitrogen and oxygen atoms in total. The van der Waals surface area contributed by atoms with Crippen LogP contribution in [0.4, 0.5) is 0 Å². The second-order valence-corrected chi connectivity index (χ2v) is 9.30. The van der Waals surface area contributed by atoms with E-state index in [1.165, 1.54) is 5.56 Å². The van der Waals surface area contributed by atoms with E-state index in [1.54, 1.807) is 7.11 Å². The molecule has 1 fully saturated rings. The number of ether oxygens (including phenoxy) is 1. The Kier molecular flexibility index (Phi) is 7.91. The van der Waals surface area contributed by atoms with Gasteiger partial charge in [-0.3, -0.25) is 14.5 Å². The van der Waals surface area contributed by atoms with Crippen molar-refractivity contribution in [2.75, 3.05) is 39.8 Å². The van der Waals surface area contributed by atoms with Gasteiger partial charge in [0.05, 0.1) is 7.11 Å². The minimum Gasteiger partial charge on any atom is -0.496 e. The van der Waals surface area contributed by atoms with Crippen LogP contribution in [0.2, 0.25) is 0 Å². The Bertz CT molecular complexity index is 911. The van der Waals surface area contributed by atoms with Gasteiger partial charge in [0, 0.05) is 56.8 Å². The van der Waals surface area contributed by atoms with Crippen LogP contribution in [0.25, 0.3) is 0 Å². The molecule has 0 atom stereocenters. The van der Waals surface area contributed by atoms with E-state index in [2.05, 4.69) is 37.1 Å². The molecular formula is C26H35N3O3. The molecule has 1 heterocycles. The predicted octanol–water partition coefficient (Wildman–Crippen LogP) is 3.46. The van der Waals surface area contributed by atoms with E-state index in [9.17, 15) is 9.59 Å². The van der Waals surface area contributed by atoms with Crippen LogP contribution in [-0.4, -0.2) is 61.4 Å². The molecule has 2 aromatic rings. The first-order valence-corrected chi connectivity index (χ1v) is 11.3. The molecule has 0 aliphatic carbocycles. The number of hydrogen-bond donors (Lipinski definition) is 1. The van der Waals surface area contributed by atoms with E-state index >= 15 is 0 Å². The molecule has 0 aromatic heterocycles. The zero-order chi connectivity index (χ0) is 23.1. The van der Waals surface area contributed by atoms with Gasteiger partial charge in [-0.15, -0.1) is 0 Å². The van der Waals surface area contributed by atoms with Gasteiger partial charge in [0.25, 0.3) is 5.91 Å². The van der Waals surface area contributed by atoms with Crippen molar-refractivity contribution in [2.24, 2.45) is 0 Å². The molecule has 1 aliphatic heterocycles. The van der Waals surface area contributed by atoms with Crippen LogP contribution in [-0.2, 0) is 16.8 Å². The number of amides is 2. The highest BCUT2D eigenvalue weighted by Gasteiger charge is 2.22. The van der Waals surface area contributed by atoms with Gasteiger partial charge in [0.2, 0.25) is 5.91 Å². The monoisotopic (exact) mass is 437 g/mol. The highest BCUT2D eigenvalue weighted by molar-refractivity contribution is 5.94. The van der Waals surface area contributed by atoms with Crippen molar-refractivity contribution in [2.45, 2.75) is 39.2 Å². The fourth-order valence-electron chi connectivity index (χ4n) is 3.89. The molecular weight excluding hydrogens is 402 g/mol. The zero-order valence-electron chi connectivity index (χ0n) is 19.7. The Morgan fingerprint density at radius 3 is 2.25 bits per heavy atom. The summed E-state index contributed by atoms with van der Waals surface area (Å²) in [5.41, 5.74) is 3.02. The maximum absolute atomic E-state index is 12.6. The first kappa shape index (κ1) is 23.8. The third kappa shape index (κ3) is 6.33. The second-order valence-electron chi connectivity index (χ2n) is 9.30. The number of piperazine rings is 1. The van der Waals surface area contributed by atoms with E-state index in [-0.39, 0.29) is 17.2 Å². The van der Waals surface area contributed by atoms with Gasteiger partial charge in [-0.2, -0.15) is 0 Å². The van der Waals surface area contributed by atoms with Gasteiger partial charge in [0.15, 0.2) is 0 Å². The van der Waals surface area contributed by atoms with E-state index in [0.717, 1.165) is 30.9 Å². The molecule has 0 radical (unpaired) electrons. The van der Waals surface area contributed by atoms with Crippen LogP contribution in [0.1, 0.15) is 48.7 Å². The summed E-state index contributed by atoms with van der Waals surface area (Å²) in [5.74, 6) is 0.847. The zero-order valence-corrected chi connectivity index (χ0v) is 19.7. The number of nitrogens with zero attached hydrogens (tertiary/aromatic N) is 2. The van der Waals surface area contributed by atoms with Gasteiger partial charge >= 0.3 is 0 Å². The third-order valence-electron chi connectivity index (χ3n) is 5.95. The van der Waals surface area contributed by atoms with Gasteiger partial charge in [-0.25, -0.2) is 0 Å². The SMILES string of the molecule is COc1ccccc1CN1CCN(C(=O)CCNC(=O)c2ccc(C(C)(C)C)cc2)CC1. The molecule has 0 bridgehead atoms. The van der Waals surface area contributed by atoms with Crippen molar-refractivity contribution in [1.82, 2.24) is 15.1 Å². The Hall–Kier alpha value is -2.86. The van der Waals surface area contributed by atoms with Gasteiger partial charge in [-0.1, -0.05) is 51.1 Å². The molecule has 2 aromatic carbocycles. The lowest BCUT2D eigenvalue weighted by Crippen LogP contribution is -2.48. The van der Waals surface area contributed by atoms with Crippen molar-refractivity contribution in [3.8, 4) is 5.75 Å². The minimum absolute atomic E-state index is 0.0542. The van der Waals surface area contributed by atoms with Crippen molar-refractivity contribution >= 4 is 11.8 Å². The Morgan fingerprint density at radius 1 is 0.969 bits per heavy atom. The predicted molar refractivity (Wildman–Crippen MR) is 127 cm³/mol. The van der Waals surface area contributed by atoms with Crippen molar-refractivity contribution in [3.63, 3.8) is 0 Å². The Balaban J connectivity index is 1.40. The molecule has 1 saturated heterocycles. The first-order chi connectivity index (χ1) is 15.3. The smallest absolute Gasteiger partial charge is 0.251 e. The van der Waals surface area contributed by atoms with Crippen LogP contribution in [0, 0.1) is 0 Å². The number of rotatable bonds is 7. The fraction of sp³-hybridized carbons (Fsp3) is 0.462. The topological polar surface area (TPSA) is 61.9 Å². The van der Waals surface area contributed by atoms with Crippen LogP contribution in [0.3, 0.4) is 0 Å².